The standard InChI is InChI=1S/C31H33FN6O2/c1-33-16-20-7-10-35(11-8-20)31(40)37-13-12-36-19-25(24-15-22(32)14-21(18-37)30(24)36)29-23(5-6-27(29)39)26-17-34-28-4-2-3-9-38(26)28/h2-4,9,14-15,17,19-20,33H,5-8,10-13,16,18H2,1H3. The Balaban J connectivity index is 1.26. The molecule has 5 heterocycles. The summed E-state index contributed by atoms with van der Waals surface area (Å²) in [6.45, 7) is 3.94. The first-order valence-electron chi connectivity index (χ1n) is 14.2. The number of fused-ring (bicyclic) bond motifs is 1. The van der Waals surface area contributed by atoms with Crippen molar-refractivity contribution in [3.8, 4) is 0 Å². The Kier molecular flexibility index (Phi) is 6.19. The number of amides is 2. The van der Waals surface area contributed by atoms with E-state index in [2.05, 4.69) is 14.9 Å². The molecule has 1 aromatic carbocycles. The second-order valence-electron chi connectivity index (χ2n) is 11.2. The molecule has 4 aromatic rings. The van der Waals surface area contributed by atoms with Gasteiger partial charge in [-0.25, -0.2) is 14.2 Å². The molecule has 206 valence electrons. The summed E-state index contributed by atoms with van der Waals surface area (Å²) < 4.78 is 19.3. The molecule has 9 heteroatoms. The number of Topliss-reactive ketones (excluding diaryl/α,β-unsaturated/α-hetero) is 1. The third-order valence-corrected chi connectivity index (χ3v) is 8.81. The number of rotatable bonds is 4. The fourth-order valence-electron chi connectivity index (χ4n) is 6.86. The van der Waals surface area contributed by atoms with Gasteiger partial charge in [-0.1, -0.05) is 6.07 Å². The number of benzene rings is 1. The predicted octanol–water partition coefficient (Wildman–Crippen LogP) is 4.57. The van der Waals surface area contributed by atoms with Gasteiger partial charge in [0.1, 0.15) is 11.5 Å². The molecule has 0 saturated carbocycles. The zero-order valence-electron chi connectivity index (χ0n) is 22.7. The van der Waals surface area contributed by atoms with E-state index in [1.54, 1.807) is 12.1 Å². The van der Waals surface area contributed by atoms with Crippen LogP contribution >= 0.6 is 0 Å². The molecule has 3 aromatic heterocycles. The Morgan fingerprint density at radius 3 is 2.77 bits per heavy atom. The average Bonchev–Trinajstić information content (AvgIpc) is 3.62. The molecule has 0 spiro atoms. The summed E-state index contributed by atoms with van der Waals surface area (Å²) in [7, 11) is 1.97. The van der Waals surface area contributed by atoms with Crippen LogP contribution in [0.5, 0.6) is 0 Å². The summed E-state index contributed by atoms with van der Waals surface area (Å²) in [5.74, 6) is 0.311. The zero-order valence-corrected chi connectivity index (χ0v) is 22.7. The van der Waals surface area contributed by atoms with Crippen LogP contribution in [0.3, 0.4) is 0 Å². The van der Waals surface area contributed by atoms with Gasteiger partial charge < -0.3 is 19.7 Å². The highest BCUT2D eigenvalue weighted by atomic mass is 19.1. The number of urea groups is 1. The number of imidazole rings is 1. The van der Waals surface area contributed by atoms with E-state index in [4.69, 9.17) is 0 Å². The molecule has 2 amide bonds. The molecule has 3 aliphatic rings. The van der Waals surface area contributed by atoms with Crippen molar-refractivity contribution in [2.24, 2.45) is 5.92 Å². The fourth-order valence-corrected chi connectivity index (χ4v) is 6.86. The number of halogens is 1. The Morgan fingerprint density at radius 2 is 1.95 bits per heavy atom. The Bertz CT molecular complexity index is 1680. The number of hydrogen-bond acceptors (Lipinski definition) is 4. The Hall–Kier alpha value is -3.98. The van der Waals surface area contributed by atoms with Crippen LogP contribution in [0.1, 0.15) is 42.5 Å². The van der Waals surface area contributed by atoms with Crippen LogP contribution in [0.4, 0.5) is 9.18 Å². The monoisotopic (exact) mass is 540 g/mol. The summed E-state index contributed by atoms with van der Waals surface area (Å²) in [6, 6.07) is 8.94. The first-order chi connectivity index (χ1) is 19.5. The number of piperidine rings is 1. The van der Waals surface area contributed by atoms with E-state index in [1.165, 1.54) is 0 Å². The van der Waals surface area contributed by atoms with Gasteiger partial charge in [0.05, 0.1) is 17.4 Å². The van der Waals surface area contributed by atoms with Crippen molar-refractivity contribution in [2.75, 3.05) is 33.2 Å². The molecule has 0 radical (unpaired) electrons. The van der Waals surface area contributed by atoms with Gasteiger partial charge in [-0.3, -0.25) is 9.20 Å². The number of ketones is 1. The Labute approximate surface area is 232 Å². The lowest BCUT2D eigenvalue weighted by atomic mass is 9.97. The molecular weight excluding hydrogens is 507 g/mol. The number of nitrogens with zero attached hydrogens (tertiary/aromatic N) is 5. The first kappa shape index (κ1) is 25.0. The van der Waals surface area contributed by atoms with E-state index >= 15 is 4.39 Å². The predicted molar refractivity (Wildman–Crippen MR) is 152 cm³/mol. The first-order valence-corrected chi connectivity index (χ1v) is 14.2. The van der Waals surface area contributed by atoms with Crippen LogP contribution in [0.2, 0.25) is 0 Å². The summed E-state index contributed by atoms with van der Waals surface area (Å²) in [5, 5.41) is 3.97. The summed E-state index contributed by atoms with van der Waals surface area (Å²) in [4.78, 5) is 35.2. The highest BCUT2D eigenvalue weighted by molar-refractivity contribution is 6.33. The Morgan fingerprint density at radius 1 is 1.10 bits per heavy atom. The number of likely N-dealkylation sites (tertiary alicyclic amines) is 1. The molecule has 0 atom stereocenters. The van der Waals surface area contributed by atoms with Gasteiger partial charge in [-0.05, 0) is 74.2 Å². The number of carbonyl (C=O) groups excluding carboxylic acids is 2. The van der Waals surface area contributed by atoms with Crippen LogP contribution < -0.4 is 5.32 Å². The second kappa shape index (κ2) is 9.89. The van der Waals surface area contributed by atoms with E-state index < -0.39 is 0 Å². The van der Waals surface area contributed by atoms with Gasteiger partial charge in [0.25, 0.3) is 0 Å². The van der Waals surface area contributed by atoms with Gasteiger partial charge in [0.15, 0.2) is 5.78 Å². The van der Waals surface area contributed by atoms with E-state index in [0.717, 1.165) is 71.4 Å². The lowest BCUT2D eigenvalue weighted by Gasteiger charge is -2.35. The zero-order chi connectivity index (χ0) is 27.4. The smallest absolute Gasteiger partial charge is 0.320 e. The maximum Gasteiger partial charge on any atom is 0.320 e. The number of pyridine rings is 1. The van der Waals surface area contributed by atoms with Crippen molar-refractivity contribution in [2.45, 2.75) is 38.8 Å². The maximum absolute atomic E-state index is 15.1. The molecule has 7 rings (SSSR count). The van der Waals surface area contributed by atoms with Crippen molar-refractivity contribution < 1.29 is 14.0 Å². The van der Waals surface area contributed by atoms with Crippen LogP contribution in [0.15, 0.2) is 48.9 Å². The van der Waals surface area contributed by atoms with E-state index in [9.17, 15) is 9.59 Å². The SMILES string of the molecule is CNCC1CCN(C(=O)N2CCn3cc(C4=C(c5cnc6ccccn56)CCC4=O)c4cc(F)cc(c43)C2)CC1. The molecule has 1 fully saturated rings. The van der Waals surface area contributed by atoms with Gasteiger partial charge in [-0.2, -0.15) is 0 Å². The van der Waals surface area contributed by atoms with Gasteiger partial charge in [0, 0.05) is 68.1 Å². The summed E-state index contributed by atoms with van der Waals surface area (Å²) >= 11 is 0. The number of aromatic nitrogens is 3. The molecule has 8 nitrogen and oxygen atoms in total. The van der Waals surface area contributed by atoms with Crippen LogP contribution in [-0.4, -0.2) is 68.8 Å². The van der Waals surface area contributed by atoms with E-state index in [-0.39, 0.29) is 17.6 Å². The normalized spacial score (nSPS) is 18.4. The minimum Gasteiger partial charge on any atom is -0.345 e. The van der Waals surface area contributed by atoms with Crippen LogP contribution in [-0.2, 0) is 17.9 Å². The molecule has 40 heavy (non-hydrogen) atoms. The lowest BCUT2D eigenvalue weighted by Crippen LogP contribution is -2.47. The third-order valence-electron chi connectivity index (χ3n) is 8.81. The van der Waals surface area contributed by atoms with E-state index in [0.29, 0.717) is 44.0 Å². The third kappa shape index (κ3) is 4.11. The van der Waals surface area contributed by atoms with Crippen molar-refractivity contribution in [1.82, 2.24) is 29.1 Å². The number of allylic oxidation sites excluding steroid dienone is 2. The van der Waals surface area contributed by atoms with Gasteiger partial charge in [-0.15, -0.1) is 0 Å². The average molecular weight is 541 g/mol. The molecule has 2 aliphatic heterocycles. The van der Waals surface area contributed by atoms with E-state index in [1.807, 2.05) is 58.0 Å². The topological polar surface area (TPSA) is 74.9 Å². The van der Waals surface area contributed by atoms with Crippen molar-refractivity contribution >= 4 is 39.5 Å². The molecular formula is C31H33FN6O2. The highest BCUT2D eigenvalue weighted by Gasteiger charge is 2.32. The number of carbonyl (C=O) groups is 2. The second-order valence-corrected chi connectivity index (χ2v) is 11.2. The summed E-state index contributed by atoms with van der Waals surface area (Å²) in [5.41, 5.74) is 5.78. The number of hydrogen-bond donors (Lipinski definition) is 1. The minimum atomic E-state index is -0.355. The van der Waals surface area contributed by atoms with Crippen LogP contribution in [0.25, 0.3) is 27.7 Å². The molecule has 1 N–H and O–H groups in total. The van der Waals surface area contributed by atoms with Gasteiger partial charge in [0.2, 0.25) is 0 Å². The van der Waals surface area contributed by atoms with Crippen LogP contribution in [0, 0.1) is 11.7 Å². The van der Waals surface area contributed by atoms with Gasteiger partial charge >= 0.3 is 6.03 Å². The quantitative estimate of drug-likeness (QED) is 0.412. The summed E-state index contributed by atoms with van der Waals surface area (Å²) in [6.07, 6.45) is 8.80. The number of nitrogens with one attached hydrogen (secondary N) is 1. The molecule has 0 unspecified atom stereocenters. The van der Waals surface area contributed by atoms with Crippen molar-refractivity contribution in [3.63, 3.8) is 0 Å². The van der Waals surface area contributed by atoms with Crippen molar-refractivity contribution in [1.29, 1.82) is 0 Å². The minimum absolute atomic E-state index is 0.0230. The molecule has 0 bridgehead atoms. The maximum atomic E-state index is 15.1. The highest BCUT2D eigenvalue weighted by Crippen LogP contribution is 2.42. The lowest BCUT2D eigenvalue weighted by molar-refractivity contribution is -0.113. The van der Waals surface area contributed by atoms with Crippen molar-refractivity contribution in [3.05, 3.63) is 71.6 Å². The molecule has 1 aliphatic carbocycles. The molecule has 1 saturated heterocycles. The largest absolute Gasteiger partial charge is 0.345 e. The fraction of sp³-hybridized carbons (Fsp3) is 0.387.